The fourth-order valence-electron chi connectivity index (χ4n) is 4.37. The number of ether oxygens (including phenoxy) is 2. The van der Waals surface area contributed by atoms with Crippen LogP contribution in [0.5, 0.6) is 11.5 Å². The molecule has 35 heavy (non-hydrogen) atoms. The summed E-state index contributed by atoms with van der Waals surface area (Å²) in [5.41, 5.74) is 4.79. The van der Waals surface area contributed by atoms with Gasteiger partial charge in [0, 0.05) is 0 Å². The van der Waals surface area contributed by atoms with E-state index in [-0.39, 0.29) is 23.6 Å². The molecule has 0 bridgehead atoms. The second-order valence-electron chi connectivity index (χ2n) is 8.31. The first-order chi connectivity index (χ1) is 16.9. The molecule has 0 atom stereocenters. The molecule has 1 aromatic carbocycles. The monoisotopic (exact) mass is 479 g/mol. The van der Waals surface area contributed by atoms with E-state index < -0.39 is 23.2 Å². The van der Waals surface area contributed by atoms with Crippen molar-refractivity contribution < 1.29 is 28.6 Å². The highest BCUT2D eigenvalue weighted by atomic mass is 19.1. The van der Waals surface area contributed by atoms with Crippen LogP contribution in [0, 0.1) is 0 Å². The van der Waals surface area contributed by atoms with E-state index in [1.54, 1.807) is 19.1 Å². The van der Waals surface area contributed by atoms with Crippen LogP contribution in [0.1, 0.15) is 49.5 Å². The van der Waals surface area contributed by atoms with Crippen LogP contribution < -0.4 is 10.1 Å². The number of carbonyl (C=O) groups is 2. The Hall–Kier alpha value is -4.06. The molecule has 1 amide bonds. The molecule has 1 saturated carbocycles. The number of aromatic nitrogens is 2. The highest BCUT2D eigenvalue weighted by Crippen LogP contribution is 2.39. The maximum Gasteiger partial charge on any atom is 0.331 e. The number of nitrogens with one attached hydrogen (secondary N) is 1. The Balaban J connectivity index is 1.80. The van der Waals surface area contributed by atoms with Crippen molar-refractivity contribution in [2.24, 2.45) is 0 Å². The lowest BCUT2D eigenvalue weighted by Gasteiger charge is -2.35. The predicted molar refractivity (Wildman–Crippen MR) is 126 cm³/mol. The molecule has 0 unspecified atom stereocenters. The van der Waals surface area contributed by atoms with Gasteiger partial charge in [-0.05, 0) is 61.6 Å². The minimum absolute atomic E-state index is 0.00252. The molecule has 0 radical (unpaired) electrons. The number of esters is 1. The third-order valence-corrected chi connectivity index (χ3v) is 6.07. The van der Waals surface area contributed by atoms with E-state index in [9.17, 15) is 19.1 Å². The topological polar surface area (TPSA) is 103 Å². The molecule has 182 valence electrons. The number of phenols is 1. The number of amides is 1. The Kier molecular flexibility index (Phi) is 6.92. The van der Waals surface area contributed by atoms with Crippen LogP contribution in [0.15, 0.2) is 53.7 Å². The lowest BCUT2D eigenvalue weighted by atomic mass is 9.81. The highest BCUT2D eigenvalue weighted by Gasteiger charge is 2.43. The van der Waals surface area contributed by atoms with Crippen LogP contribution in [0.3, 0.4) is 0 Å². The molecule has 2 aliphatic carbocycles. The number of nitrogens with zero attached hydrogens (tertiary/aromatic N) is 2. The number of aromatic hydroxyl groups is 1. The van der Waals surface area contributed by atoms with E-state index in [1.807, 2.05) is 0 Å². The Bertz CT molecular complexity index is 1290. The van der Waals surface area contributed by atoms with E-state index in [0.29, 0.717) is 30.0 Å². The van der Waals surface area contributed by atoms with Crippen LogP contribution in [0.4, 0.5) is 4.39 Å². The molecule has 0 saturated heterocycles. The standard InChI is InChI=1S/C26H26FN3O5/c1-3-35-25(33)26(14-5-4-6-15-26)28-24(32)19-16-20(23-21(31)8-7-9-22(23)34-2)30(29-19)18-12-10-17(27)11-13-18/h7-10,12,16,31H,3-6,14-15H2,1-2H3,(H,28,32). The maximum atomic E-state index is 13.5. The first-order valence-corrected chi connectivity index (χ1v) is 11.4. The van der Waals surface area contributed by atoms with E-state index in [2.05, 4.69) is 21.9 Å². The Labute approximate surface area is 202 Å². The van der Waals surface area contributed by atoms with Gasteiger partial charge in [-0.15, -0.1) is 0 Å². The summed E-state index contributed by atoms with van der Waals surface area (Å²) in [7, 11) is 1.45. The lowest BCUT2D eigenvalue weighted by molar-refractivity contribution is -0.152. The summed E-state index contributed by atoms with van der Waals surface area (Å²) >= 11 is 0. The Morgan fingerprint density at radius 2 is 2.00 bits per heavy atom. The van der Waals surface area contributed by atoms with Crippen LogP contribution in [0.25, 0.3) is 17.0 Å². The third-order valence-electron chi connectivity index (χ3n) is 6.07. The largest absolute Gasteiger partial charge is 0.507 e. The number of hydrogen-bond acceptors (Lipinski definition) is 6. The van der Waals surface area contributed by atoms with Gasteiger partial charge < -0.3 is 19.9 Å². The fraction of sp³-hybridized carbons (Fsp3) is 0.346. The molecule has 4 rings (SSSR count). The molecule has 9 heteroatoms. The van der Waals surface area contributed by atoms with Crippen molar-refractivity contribution in [2.75, 3.05) is 13.7 Å². The fourth-order valence-corrected chi connectivity index (χ4v) is 4.37. The summed E-state index contributed by atoms with van der Waals surface area (Å²) in [5.74, 6) is -1.38. The second kappa shape index (κ2) is 10.1. The second-order valence-corrected chi connectivity index (χ2v) is 8.31. The van der Waals surface area contributed by atoms with E-state index in [1.165, 1.54) is 36.1 Å². The van der Waals surface area contributed by atoms with Gasteiger partial charge >= 0.3 is 5.97 Å². The van der Waals surface area contributed by atoms with Crippen molar-refractivity contribution in [1.82, 2.24) is 15.1 Å². The molecule has 8 nitrogen and oxygen atoms in total. The zero-order valence-corrected chi connectivity index (χ0v) is 19.6. The first kappa shape index (κ1) is 24.1. The molecular weight excluding hydrogens is 453 g/mol. The lowest BCUT2D eigenvalue weighted by Crippen LogP contribution is -2.56. The summed E-state index contributed by atoms with van der Waals surface area (Å²) in [4.78, 5) is 26.2. The van der Waals surface area contributed by atoms with Gasteiger partial charge in [-0.2, -0.15) is 9.49 Å². The minimum atomic E-state index is -1.13. The molecular formula is C26H26FN3O5. The molecule has 1 aromatic heterocycles. The van der Waals surface area contributed by atoms with Crippen molar-refractivity contribution in [3.8, 4) is 22.8 Å². The van der Waals surface area contributed by atoms with Gasteiger partial charge in [0.05, 0.1) is 25.0 Å². The van der Waals surface area contributed by atoms with Gasteiger partial charge in [-0.25, -0.2) is 9.48 Å². The smallest absolute Gasteiger partial charge is 0.331 e. The SMILES string of the molecule is CCOC(=O)C1(NC(=O)c2cc(-c3c(O)cccc3OC)n(C3=C=C=C(F)C=C3)n2)CCCCC1. The van der Waals surface area contributed by atoms with Gasteiger partial charge in [0.1, 0.15) is 22.7 Å². The van der Waals surface area contributed by atoms with Crippen molar-refractivity contribution in [1.29, 1.82) is 0 Å². The maximum absolute atomic E-state index is 13.5. The predicted octanol–water partition coefficient (Wildman–Crippen LogP) is 4.28. The van der Waals surface area contributed by atoms with Gasteiger partial charge in [0.2, 0.25) is 0 Å². The summed E-state index contributed by atoms with van der Waals surface area (Å²) in [6, 6.07) is 6.24. The van der Waals surface area contributed by atoms with E-state index in [0.717, 1.165) is 19.3 Å². The third kappa shape index (κ3) is 4.78. The van der Waals surface area contributed by atoms with Crippen molar-refractivity contribution in [3.05, 3.63) is 59.4 Å². The summed E-state index contributed by atoms with van der Waals surface area (Å²) in [6.07, 6.45) is 6.11. The number of benzene rings is 1. The highest BCUT2D eigenvalue weighted by molar-refractivity contribution is 5.98. The van der Waals surface area contributed by atoms with Crippen LogP contribution >= 0.6 is 0 Å². The molecule has 2 aromatic rings. The quantitative estimate of drug-likeness (QED) is 0.454. The van der Waals surface area contributed by atoms with Crippen LogP contribution in [0.2, 0.25) is 0 Å². The number of rotatable bonds is 7. The molecule has 1 heterocycles. The van der Waals surface area contributed by atoms with Crippen molar-refractivity contribution in [3.63, 3.8) is 0 Å². The number of halogens is 1. The van der Waals surface area contributed by atoms with Gasteiger partial charge in [-0.1, -0.05) is 25.3 Å². The number of methoxy groups -OCH3 is 1. The summed E-state index contributed by atoms with van der Waals surface area (Å²) in [6.45, 7) is 1.93. The number of phenolic OH excluding ortho intramolecular Hbond substituents is 1. The van der Waals surface area contributed by atoms with Gasteiger partial charge in [0.25, 0.3) is 5.91 Å². The van der Waals surface area contributed by atoms with E-state index >= 15 is 0 Å². The Morgan fingerprint density at radius 1 is 1.23 bits per heavy atom. The van der Waals surface area contributed by atoms with Crippen LogP contribution in [-0.4, -0.2) is 46.0 Å². The van der Waals surface area contributed by atoms with Crippen molar-refractivity contribution in [2.45, 2.75) is 44.6 Å². The molecule has 0 spiro atoms. The van der Waals surface area contributed by atoms with Crippen LogP contribution in [-0.2, 0) is 9.53 Å². The van der Waals surface area contributed by atoms with E-state index in [4.69, 9.17) is 9.47 Å². The first-order valence-electron chi connectivity index (χ1n) is 11.4. The minimum Gasteiger partial charge on any atom is -0.507 e. The number of allylic oxidation sites excluding steroid dienone is 4. The average molecular weight is 480 g/mol. The van der Waals surface area contributed by atoms with Gasteiger partial charge in [-0.3, -0.25) is 4.79 Å². The zero-order valence-electron chi connectivity index (χ0n) is 19.6. The van der Waals surface area contributed by atoms with Gasteiger partial charge in [0.15, 0.2) is 11.5 Å². The number of carbonyl (C=O) groups excluding carboxylic acids is 2. The number of hydrogen-bond donors (Lipinski definition) is 2. The average Bonchev–Trinajstić information content (AvgIpc) is 3.30. The summed E-state index contributed by atoms with van der Waals surface area (Å²) in [5, 5.41) is 17.9. The molecule has 2 N–H and O–H groups in total. The van der Waals surface area contributed by atoms with Crippen molar-refractivity contribution >= 4 is 17.6 Å². The summed E-state index contributed by atoms with van der Waals surface area (Å²) < 4.78 is 25.5. The Morgan fingerprint density at radius 3 is 2.66 bits per heavy atom. The zero-order chi connectivity index (χ0) is 25.0. The molecule has 1 fully saturated rings. The molecule has 2 aliphatic rings. The normalized spacial score (nSPS) is 16.3. The molecule has 0 aliphatic heterocycles.